The van der Waals surface area contributed by atoms with Gasteiger partial charge in [0.1, 0.15) is 0 Å². The van der Waals surface area contributed by atoms with Crippen LogP contribution in [0, 0.1) is 10.1 Å². The van der Waals surface area contributed by atoms with E-state index in [9.17, 15) is 14.9 Å². The molecule has 0 aliphatic rings. The number of hydrogen-bond acceptors (Lipinski definition) is 6. The van der Waals surface area contributed by atoms with Crippen LogP contribution in [-0.2, 0) is 9.53 Å². The first kappa shape index (κ1) is 18.1. The fourth-order valence-electron chi connectivity index (χ4n) is 2.75. The van der Waals surface area contributed by atoms with Gasteiger partial charge in [-0.3, -0.25) is 10.1 Å². The summed E-state index contributed by atoms with van der Waals surface area (Å²) >= 11 is 0. The lowest BCUT2D eigenvalue weighted by Crippen LogP contribution is -2.23. The number of para-hydroxylation sites is 1. The average molecular weight is 364 g/mol. The van der Waals surface area contributed by atoms with Crippen LogP contribution in [-0.4, -0.2) is 27.6 Å². The highest BCUT2D eigenvalue weighted by Gasteiger charge is 2.21. The number of rotatable bonds is 4. The monoisotopic (exact) mass is 364 g/mol. The Balaban J connectivity index is 2.39. The summed E-state index contributed by atoms with van der Waals surface area (Å²) in [6.45, 7) is 1.77. The number of nitro groups is 1. The Hall–Kier alpha value is -3.74. The van der Waals surface area contributed by atoms with Crippen molar-refractivity contribution in [3.63, 3.8) is 0 Å². The first-order valence-electron chi connectivity index (χ1n) is 8.21. The van der Waals surface area contributed by atoms with Crippen molar-refractivity contribution in [2.45, 2.75) is 6.92 Å². The molecule has 0 atom stereocenters. The zero-order chi connectivity index (χ0) is 19.4. The molecule has 136 valence electrons. The minimum atomic E-state index is -0.705. The molecule has 0 saturated heterocycles. The van der Waals surface area contributed by atoms with E-state index in [2.05, 4.69) is 4.98 Å². The van der Waals surface area contributed by atoms with Gasteiger partial charge in [0.15, 0.2) is 0 Å². The van der Waals surface area contributed by atoms with Crippen molar-refractivity contribution in [3.8, 4) is 0 Å². The first-order valence-corrected chi connectivity index (χ1v) is 8.21. The molecule has 7 heteroatoms. The molecule has 7 nitrogen and oxygen atoms in total. The quantitative estimate of drug-likeness (QED) is 0.432. The first-order chi connectivity index (χ1) is 13.0. The number of pyridine rings is 1. The van der Waals surface area contributed by atoms with E-state index in [1.807, 2.05) is 18.2 Å². The molecule has 0 fully saturated rings. The number of aromatic nitrogens is 1. The van der Waals surface area contributed by atoms with E-state index in [1.165, 1.54) is 18.2 Å². The Morgan fingerprint density at radius 2 is 2.00 bits per heavy atom. The number of hydrogen-bond donors (Lipinski definition) is 1. The van der Waals surface area contributed by atoms with Crippen molar-refractivity contribution in [1.82, 2.24) is 4.98 Å². The maximum absolute atomic E-state index is 12.6. The third kappa shape index (κ3) is 3.62. The van der Waals surface area contributed by atoms with Crippen molar-refractivity contribution in [2.75, 3.05) is 6.61 Å². The van der Waals surface area contributed by atoms with E-state index in [-0.39, 0.29) is 34.0 Å². The number of carbonyl (C=O) groups is 1. The molecular formula is C20H16N2O5. The summed E-state index contributed by atoms with van der Waals surface area (Å²) in [5, 5.41) is 21.9. The van der Waals surface area contributed by atoms with Gasteiger partial charge in [0, 0.05) is 16.7 Å². The molecule has 0 radical (unpaired) electrons. The lowest BCUT2D eigenvalue weighted by Gasteiger charge is -2.08. The van der Waals surface area contributed by atoms with E-state index in [0.29, 0.717) is 5.52 Å². The van der Waals surface area contributed by atoms with Crippen LogP contribution in [0.15, 0.2) is 54.6 Å². The average Bonchev–Trinajstić information content (AvgIpc) is 2.68. The minimum Gasteiger partial charge on any atom is -0.515 e. The Kier molecular flexibility index (Phi) is 5.12. The topological polar surface area (TPSA) is 103 Å². The van der Waals surface area contributed by atoms with Crippen molar-refractivity contribution in [3.05, 3.63) is 80.8 Å². The second kappa shape index (κ2) is 7.65. The summed E-state index contributed by atoms with van der Waals surface area (Å²) in [7, 11) is 0. The van der Waals surface area contributed by atoms with Gasteiger partial charge in [0.05, 0.1) is 39.8 Å². The predicted molar refractivity (Wildman–Crippen MR) is 100 cm³/mol. The number of aliphatic hydroxyl groups excluding tert-OH is 1. The molecule has 0 bridgehead atoms. The van der Waals surface area contributed by atoms with Crippen molar-refractivity contribution in [1.29, 1.82) is 0 Å². The van der Waals surface area contributed by atoms with E-state index in [1.54, 1.807) is 25.1 Å². The standard InChI is InChI=1S/C20H16N2O5/c1-2-27-20(24)19(15-9-7-13(12-23)11-18(15)22(25)26)17-10-8-14-5-3-4-6-16(14)21-17/h3-12,23H,2H2,1H3/b13-12+,19-15-. The van der Waals surface area contributed by atoms with Crippen LogP contribution in [0.1, 0.15) is 12.6 Å². The molecule has 2 aromatic carbocycles. The van der Waals surface area contributed by atoms with Crippen molar-refractivity contribution in [2.24, 2.45) is 0 Å². The molecule has 0 aliphatic heterocycles. The van der Waals surface area contributed by atoms with E-state index in [0.717, 1.165) is 11.6 Å². The maximum Gasteiger partial charge on any atom is 0.341 e. The summed E-state index contributed by atoms with van der Waals surface area (Å²) in [4.78, 5) is 28.0. The summed E-state index contributed by atoms with van der Waals surface area (Å²) < 4.78 is 5.12. The number of benzene rings is 2. The second-order valence-corrected chi connectivity index (χ2v) is 5.65. The Morgan fingerprint density at radius 3 is 2.70 bits per heavy atom. The predicted octanol–water partition coefficient (Wildman–Crippen LogP) is 2.20. The molecule has 0 saturated carbocycles. The molecule has 0 amide bonds. The summed E-state index contributed by atoms with van der Waals surface area (Å²) in [5.74, 6) is -0.705. The molecule has 27 heavy (non-hydrogen) atoms. The van der Waals surface area contributed by atoms with Crippen LogP contribution in [0.4, 0.5) is 5.69 Å². The van der Waals surface area contributed by atoms with Crippen LogP contribution >= 0.6 is 0 Å². The van der Waals surface area contributed by atoms with E-state index in [4.69, 9.17) is 9.84 Å². The van der Waals surface area contributed by atoms with E-state index < -0.39 is 10.9 Å². The largest absolute Gasteiger partial charge is 0.515 e. The molecule has 3 rings (SSSR count). The van der Waals surface area contributed by atoms with Crippen LogP contribution in [0.3, 0.4) is 0 Å². The smallest absolute Gasteiger partial charge is 0.341 e. The zero-order valence-electron chi connectivity index (χ0n) is 14.5. The van der Waals surface area contributed by atoms with Crippen molar-refractivity contribution >= 4 is 34.4 Å². The molecule has 0 spiro atoms. The SMILES string of the molecule is CCOC(=O)/C(c1ccc2ccccc2n1)=c1/cc/c(=C\O)cc1[N+](=O)[O-]. The normalized spacial score (nSPS) is 12.7. The highest BCUT2D eigenvalue weighted by atomic mass is 16.6. The third-order valence-corrected chi connectivity index (χ3v) is 3.97. The molecule has 3 aromatic rings. The fraction of sp³-hybridized carbons (Fsp3) is 0.100. The molecule has 0 aliphatic carbocycles. The van der Waals surface area contributed by atoms with Gasteiger partial charge < -0.3 is 9.84 Å². The summed E-state index contributed by atoms with van der Waals surface area (Å²) in [5.41, 5.74) is 0.602. The maximum atomic E-state index is 12.6. The minimum absolute atomic E-state index is 0.00112. The number of non-ortho nitro benzene ring substituents is 1. The van der Waals surface area contributed by atoms with Crippen molar-refractivity contribution < 1.29 is 19.6 Å². The molecular weight excluding hydrogens is 348 g/mol. The number of nitrogens with zero attached hydrogens (tertiary/aromatic N) is 2. The van der Waals surface area contributed by atoms with Crippen LogP contribution < -0.4 is 10.4 Å². The number of aliphatic hydroxyl groups is 1. The van der Waals surface area contributed by atoms with Gasteiger partial charge in [-0.2, -0.15) is 0 Å². The Morgan fingerprint density at radius 1 is 1.22 bits per heavy atom. The number of ether oxygens (including phenoxy) is 1. The third-order valence-electron chi connectivity index (χ3n) is 3.97. The molecule has 1 aromatic heterocycles. The Bertz CT molecular complexity index is 1150. The highest BCUT2D eigenvalue weighted by molar-refractivity contribution is 6.16. The number of nitro benzene ring substituents is 1. The molecule has 1 heterocycles. The zero-order valence-corrected chi connectivity index (χ0v) is 14.5. The van der Waals surface area contributed by atoms with E-state index >= 15 is 0 Å². The van der Waals surface area contributed by atoms with Gasteiger partial charge in [-0.15, -0.1) is 0 Å². The van der Waals surface area contributed by atoms with Gasteiger partial charge in [0.25, 0.3) is 5.69 Å². The fourth-order valence-corrected chi connectivity index (χ4v) is 2.75. The van der Waals surface area contributed by atoms with Crippen LogP contribution in [0.2, 0.25) is 0 Å². The van der Waals surface area contributed by atoms with Gasteiger partial charge in [-0.25, -0.2) is 9.78 Å². The summed E-state index contributed by atoms with van der Waals surface area (Å²) in [6, 6.07) is 14.8. The van der Waals surface area contributed by atoms with Gasteiger partial charge >= 0.3 is 5.97 Å². The number of esters is 1. The van der Waals surface area contributed by atoms with Gasteiger partial charge in [-0.1, -0.05) is 30.3 Å². The van der Waals surface area contributed by atoms with Gasteiger partial charge in [0.2, 0.25) is 0 Å². The lowest BCUT2D eigenvalue weighted by atomic mass is 10.0. The lowest BCUT2D eigenvalue weighted by molar-refractivity contribution is -0.386. The van der Waals surface area contributed by atoms with Gasteiger partial charge in [-0.05, 0) is 25.1 Å². The molecule has 0 unspecified atom stereocenters. The van der Waals surface area contributed by atoms with Crippen LogP contribution in [0.25, 0.3) is 22.7 Å². The number of fused-ring (bicyclic) bond motifs is 1. The second-order valence-electron chi connectivity index (χ2n) is 5.65. The highest BCUT2D eigenvalue weighted by Crippen LogP contribution is 2.18. The Labute approximate surface area is 154 Å². The molecule has 1 N–H and O–H groups in total. The number of carbonyl (C=O) groups excluding carboxylic acids is 1. The van der Waals surface area contributed by atoms with Crippen LogP contribution in [0.5, 0.6) is 0 Å². The summed E-state index contributed by atoms with van der Waals surface area (Å²) in [6.07, 6.45) is 0.759.